The lowest BCUT2D eigenvalue weighted by molar-refractivity contribution is 0.536. The maximum atomic E-state index is 13.2. The highest BCUT2D eigenvalue weighted by atomic mass is 32.2. The minimum atomic E-state index is -0.200. The van der Waals surface area contributed by atoms with Crippen LogP contribution < -0.4 is 11.3 Å². The third-order valence-electron chi connectivity index (χ3n) is 2.28. The monoisotopic (exact) mass is 228 g/mol. The van der Waals surface area contributed by atoms with Crippen molar-refractivity contribution in [3.63, 3.8) is 0 Å². The zero-order valence-corrected chi connectivity index (χ0v) is 9.90. The van der Waals surface area contributed by atoms with Crippen molar-refractivity contribution in [2.45, 2.75) is 19.4 Å². The second-order valence-corrected chi connectivity index (χ2v) is 4.55. The van der Waals surface area contributed by atoms with Gasteiger partial charge in [0.15, 0.2) is 0 Å². The van der Waals surface area contributed by atoms with E-state index in [9.17, 15) is 4.39 Å². The molecular formula is C11H17FN2S. The van der Waals surface area contributed by atoms with E-state index in [0.29, 0.717) is 0 Å². The van der Waals surface area contributed by atoms with Gasteiger partial charge >= 0.3 is 0 Å². The van der Waals surface area contributed by atoms with E-state index < -0.39 is 0 Å². The minimum absolute atomic E-state index is 0.0341. The van der Waals surface area contributed by atoms with Crippen molar-refractivity contribution in [2.24, 2.45) is 5.84 Å². The molecule has 0 saturated heterocycles. The fraction of sp³-hybridized carbons (Fsp3) is 0.455. The van der Waals surface area contributed by atoms with Crippen molar-refractivity contribution in [1.82, 2.24) is 5.43 Å². The third kappa shape index (κ3) is 3.81. The fourth-order valence-corrected chi connectivity index (χ4v) is 2.02. The Hall–Kier alpha value is -0.580. The molecule has 1 unspecified atom stereocenters. The lowest BCUT2D eigenvalue weighted by Crippen LogP contribution is -2.28. The second kappa shape index (κ2) is 6.10. The second-order valence-electron chi connectivity index (χ2n) is 3.56. The first kappa shape index (κ1) is 12.5. The van der Waals surface area contributed by atoms with Crippen LogP contribution in [0.15, 0.2) is 18.2 Å². The summed E-state index contributed by atoms with van der Waals surface area (Å²) >= 11 is 1.76. The first-order valence-electron chi connectivity index (χ1n) is 4.89. The van der Waals surface area contributed by atoms with Gasteiger partial charge < -0.3 is 0 Å². The number of hydrogen-bond donors (Lipinski definition) is 2. The molecule has 2 nitrogen and oxygen atoms in total. The highest BCUT2D eigenvalue weighted by molar-refractivity contribution is 7.98. The van der Waals surface area contributed by atoms with Crippen LogP contribution in [0.3, 0.4) is 0 Å². The zero-order valence-electron chi connectivity index (χ0n) is 9.09. The molecule has 0 aromatic heterocycles. The van der Waals surface area contributed by atoms with Crippen LogP contribution in [0.5, 0.6) is 0 Å². The molecule has 1 rings (SSSR count). The molecule has 0 fully saturated rings. The van der Waals surface area contributed by atoms with Gasteiger partial charge in [-0.15, -0.1) is 0 Å². The molecular weight excluding hydrogens is 211 g/mol. The number of nitrogens with one attached hydrogen (secondary N) is 1. The van der Waals surface area contributed by atoms with Crippen molar-refractivity contribution < 1.29 is 4.39 Å². The van der Waals surface area contributed by atoms with Gasteiger partial charge in [-0.2, -0.15) is 11.8 Å². The molecule has 84 valence electrons. The van der Waals surface area contributed by atoms with Crippen molar-refractivity contribution in [2.75, 3.05) is 12.0 Å². The normalized spacial score (nSPS) is 12.8. The Morgan fingerprint density at radius 3 is 2.73 bits per heavy atom. The van der Waals surface area contributed by atoms with Crippen LogP contribution in [0, 0.1) is 12.7 Å². The topological polar surface area (TPSA) is 38.0 Å². The first-order valence-corrected chi connectivity index (χ1v) is 6.29. The molecule has 4 heteroatoms. The summed E-state index contributed by atoms with van der Waals surface area (Å²) in [5.74, 6) is 6.27. The maximum Gasteiger partial charge on any atom is 0.123 e. The summed E-state index contributed by atoms with van der Waals surface area (Å²) in [7, 11) is 0. The van der Waals surface area contributed by atoms with E-state index >= 15 is 0 Å². The van der Waals surface area contributed by atoms with Gasteiger partial charge in [0, 0.05) is 6.04 Å². The summed E-state index contributed by atoms with van der Waals surface area (Å²) in [6, 6.07) is 5.06. The van der Waals surface area contributed by atoms with Crippen molar-refractivity contribution in [1.29, 1.82) is 0 Å². The van der Waals surface area contributed by atoms with Gasteiger partial charge in [-0.3, -0.25) is 11.3 Å². The number of hydrazine groups is 1. The van der Waals surface area contributed by atoms with Crippen molar-refractivity contribution in [3.8, 4) is 0 Å². The average Bonchev–Trinajstić information content (AvgIpc) is 2.17. The Labute approximate surface area is 94.4 Å². The summed E-state index contributed by atoms with van der Waals surface area (Å²) in [4.78, 5) is 0. The predicted octanol–water partition coefficient (Wildman–Crippen LogP) is 2.39. The molecule has 0 aliphatic carbocycles. The molecule has 3 N–H and O–H groups in total. The molecule has 1 atom stereocenters. The van der Waals surface area contributed by atoms with Gasteiger partial charge in [0.25, 0.3) is 0 Å². The Balaban J connectivity index is 2.81. The van der Waals surface area contributed by atoms with E-state index in [1.54, 1.807) is 11.8 Å². The largest absolute Gasteiger partial charge is 0.271 e. The van der Waals surface area contributed by atoms with Crippen LogP contribution in [0.4, 0.5) is 4.39 Å². The number of halogens is 1. The Bertz CT molecular complexity index is 297. The van der Waals surface area contributed by atoms with E-state index in [1.165, 1.54) is 12.1 Å². The maximum absolute atomic E-state index is 13.2. The van der Waals surface area contributed by atoms with Crippen LogP contribution >= 0.6 is 11.8 Å². The highest BCUT2D eigenvalue weighted by Crippen LogP contribution is 2.20. The molecule has 15 heavy (non-hydrogen) atoms. The fourth-order valence-electron chi connectivity index (χ4n) is 1.55. The zero-order chi connectivity index (χ0) is 11.3. The summed E-state index contributed by atoms with van der Waals surface area (Å²) in [5, 5.41) is 0. The molecule has 0 spiro atoms. The molecule has 0 amide bonds. The van der Waals surface area contributed by atoms with E-state index in [2.05, 4.69) is 5.43 Å². The van der Waals surface area contributed by atoms with Crippen LogP contribution in [-0.4, -0.2) is 12.0 Å². The quantitative estimate of drug-likeness (QED) is 0.600. The highest BCUT2D eigenvalue weighted by Gasteiger charge is 2.10. The standard InChI is InChI=1S/C11H17FN2S/c1-8-5-9(7-10(12)6-8)11(14-13)3-4-15-2/h5-7,11,14H,3-4,13H2,1-2H3. The number of hydrogen-bond acceptors (Lipinski definition) is 3. The van der Waals surface area contributed by atoms with E-state index in [-0.39, 0.29) is 11.9 Å². The molecule has 0 heterocycles. The number of rotatable bonds is 5. The van der Waals surface area contributed by atoms with Crippen LogP contribution in [0.25, 0.3) is 0 Å². The summed E-state index contributed by atoms with van der Waals surface area (Å²) in [6.07, 6.45) is 2.95. The minimum Gasteiger partial charge on any atom is -0.271 e. The Morgan fingerprint density at radius 1 is 1.47 bits per heavy atom. The van der Waals surface area contributed by atoms with Gasteiger partial charge in [0.2, 0.25) is 0 Å². The number of nitrogens with two attached hydrogens (primary N) is 1. The average molecular weight is 228 g/mol. The lowest BCUT2D eigenvalue weighted by Gasteiger charge is -2.16. The molecule has 1 aromatic rings. The summed E-state index contributed by atoms with van der Waals surface area (Å²) in [6.45, 7) is 1.88. The number of benzene rings is 1. The molecule has 0 aliphatic rings. The summed E-state index contributed by atoms with van der Waals surface area (Å²) < 4.78 is 13.2. The van der Waals surface area contributed by atoms with Crippen LogP contribution in [0.1, 0.15) is 23.6 Å². The Morgan fingerprint density at radius 2 is 2.20 bits per heavy atom. The SMILES string of the molecule is CSCCC(NN)c1cc(C)cc(F)c1. The number of aryl methyl sites for hydroxylation is 1. The van der Waals surface area contributed by atoms with E-state index in [4.69, 9.17) is 5.84 Å². The van der Waals surface area contributed by atoms with Gasteiger partial charge in [-0.25, -0.2) is 4.39 Å². The van der Waals surface area contributed by atoms with Crippen LogP contribution in [-0.2, 0) is 0 Å². The van der Waals surface area contributed by atoms with Gasteiger partial charge in [-0.1, -0.05) is 6.07 Å². The van der Waals surface area contributed by atoms with Crippen molar-refractivity contribution >= 4 is 11.8 Å². The van der Waals surface area contributed by atoms with Gasteiger partial charge in [0.1, 0.15) is 5.82 Å². The molecule has 1 aromatic carbocycles. The lowest BCUT2D eigenvalue weighted by atomic mass is 10.0. The molecule has 0 aliphatic heterocycles. The molecule has 0 saturated carbocycles. The first-order chi connectivity index (χ1) is 7.17. The third-order valence-corrected chi connectivity index (χ3v) is 2.92. The smallest absolute Gasteiger partial charge is 0.123 e. The van der Waals surface area contributed by atoms with Crippen molar-refractivity contribution in [3.05, 3.63) is 35.1 Å². The molecule has 0 radical (unpaired) electrons. The predicted molar refractivity (Wildman–Crippen MR) is 64.2 cm³/mol. The van der Waals surface area contributed by atoms with E-state index in [1.807, 2.05) is 19.2 Å². The van der Waals surface area contributed by atoms with Gasteiger partial charge in [-0.05, 0) is 48.6 Å². The molecule has 0 bridgehead atoms. The summed E-state index contributed by atoms with van der Waals surface area (Å²) in [5.41, 5.74) is 4.57. The van der Waals surface area contributed by atoms with E-state index in [0.717, 1.165) is 23.3 Å². The van der Waals surface area contributed by atoms with Gasteiger partial charge in [0.05, 0.1) is 0 Å². The number of thioether (sulfide) groups is 1. The Kier molecular flexibility index (Phi) is 5.08. The van der Waals surface area contributed by atoms with Crippen LogP contribution in [0.2, 0.25) is 0 Å².